The number of hydrogen-bond donors (Lipinski definition) is 4. The topological polar surface area (TPSA) is 111 Å². The SMILES string of the molecule is CC(=O)C[C@H](O)C[C@H](O)/C=C/c1c(C(C)C)nc([C@H](C)CO)c(CCO)c1-c1ccc(F)cc1. The van der Waals surface area contributed by atoms with Gasteiger partial charge in [-0.3, -0.25) is 9.78 Å². The summed E-state index contributed by atoms with van der Waals surface area (Å²) >= 11 is 0. The molecule has 0 bridgehead atoms. The van der Waals surface area contributed by atoms with Crippen molar-refractivity contribution in [1.29, 1.82) is 0 Å². The zero-order valence-electron chi connectivity index (χ0n) is 20.3. The van der Waals surface area contributed by atoms with Crippen LogP contribution in [-0.2, 0) is 11.2 Å². The van der Waals surface area contributed by atoms with Crippen LogP contribution in [0.5, 0.6) is 0 Å². The number of halogens is 1. The molecular weight excluding hydrogens is 437 g/mol. The number of hydrogen-bond acceptors (Lipinski definition) is 6. The third-order valence-corrected chi connectivity index (χ3v) is 5.70. The second-order valence-electron chi connectivity index (χ2n) is 9.09. The fraction of sp³-hybridized carbons (Fsp3) is 0.481. The number of nitrogens with zero attached hydrogens (tertiary/aromatic N) is 1. The molecule has 0 spiro atoms. The van der Waals surface area contributed by atoms with Crippen LogP contribution in [0.15, 0.2) is 30.3 Å². The smallest absolute Gasteiger partial charge is 0.132 e. The van der Waals surface area contributed by atoms with Gasteiger partial charge in [-0.25, -0.2) is 4.39 Å². The molecule has 186 valence electrons. The Balaban J connectivity index is 2.72. The molecule has 0 aliphatic heterocycles. The highest BCUT2D eigenvalue weighted by atomic mass is 19.1. The van der Waals surface area contributed by atoms with Crippen molar-refractivity contribution in [3.05, 3.63) is 58.7 Å². The molecule has 1 aromatic heterocycles. The number of ketones is 1. The lowest BCUT2D eigenvalue weighted by Gasteiger charge is -2.24. The molecule has 0 fully saturated rings. The van der Waals surface area contributed by atoms with Gasteiger partial charge in [0.15, 0.2) is 0 Å². The third-order valence-electron chi connectivity index (χ3n) is 5.70. The van der Waals surface area contributed by atoms with Gasteiger partial charge in [0.1, 0.15) is 11.6 Å². The molecule has 3 atom stereocenters. The Morgan fingerprint density at radius 3 is 2.26 bits per heavy atom. The third kappa shape index (κ3) is 7.27. The molecule has 1 aromatic carbocycles. The van der Waals surface area contributed by atoms with Crippen LogP contribution in [0, 0.1) is 5.82 Å². The summed E-state index contributed by atoms with van der Waals surface area (Å²) in [7, 11) is 0. The minimum absolute atomic E-state index is 0.00730. The molecular formula is C27H36FNO5. The van der Waals surface area contributed by atoms with E-state index in [1.165, 1.54) is 19.1 Å². The highest BCUT2D eigenvalue weighted by Gasteiger charge is 2.24. The van der Waals surface area contributed by atoms with Crippen LogP contribution in [0.4, 0.5) is 4.39 Å². The van der Waals surface area contributed by atoms with Crippen molar-refractivity contribution in [2.24, 2.45) is 0 Å². The predicted octanol–water partition coefficient (Wildman–Crippen LogP) is 3.75. The standard InChI is InChI=1S/C27H36FNO5/c1-16(2)26-23(10-9-21(33)14-22(34)13-18(4)32)25(19-5-7-20(28)8-6-19)24(11-12-30)27(29-26)17(3)15-31/h5-10,16-17,21-22,30-31,33-34H,11-15H2,1-4H3/b10-9+/t17-,21-,22+/m1/s1. The predicted molar refractivity (Wildman–Crippen MR) is 131 cm³/mol. The number of aromatic nitrogens is 1. The molecule has 4 N–H and O–H groups in total. The van der Waals surface area contributed by atoms with Crippen molar-refractivity contribution in [3.63, 3.8) is 0 Å². The fourth-order valence-corrected chi connectivity index (χ4v) is 4.07. The molecule has 0 aliphatic carbocycles. The van der Waals surface area contributed by atoms with E-state index in [9.17, 15) is 29.6 Å². The number of carbonyl (C=O) groups excluding carboxylic acids is 1. The summed E-state index contributed by atoms with van der Waals surface area (Å²) in [6.45, 7) is 6.97. The first-order valence-corrected chi connectivity index (χ1v) is 11.7. The Morgan fingerprint density at radius 1 is 1.09 bits per heavy atom. The second-order valence-corrected chi connectivity index (χ2v) is 9.09. The zero-order valence-corrected chi connectivity index (χ0v) is 20.3. The molecule has 6 nitrogen and oxygen atoms in total. The largest absolute Gasteiger partial charge is 0.396 e. The number of Topliss-reactive ketones (excluding diaryl/α,β-unsaturated/α-hetero) is 1. The normalized spacial score (nSPS) is 14.5. The van der Waals surface area contributed by atoms with Gasteiger partial charge >= 0.3 is 0 Å². The maximum atomic E-state index is 13.7. The van der Waals surface area contributed by atoms with E-state index in [0.29, 0.717) is 12.1 Å². The van der Waals surface area contributed by atoms with Gasteiger partial charge in [-0.15, -0.1) is 0 Å². The lowest BCUT2D eigenvalue weighted by molar-refractivity contribution is -0.119. The molecule has 0 saturated carbocycles. The summed E-state index contributed by atoms with van der Waals surface area (Å²) in [6.07, 6.45) is 1.62. The van der Waals surface area contributed by atoms with E-state index >= 15 is 0 Å². The molecule has 0 unspecified atom stereocenters. The Morgan fingerprint density at radius 2 is 1.74 bits per heavy atom. The number of aliphatic hydroxyl groups is 4. The van der Waals surface area contributed by atoms with E-state index in [4.69, 9.17) is 4.98 Å². The quantitative estimate of drug-likeness (QED) is 0.374. The Bertz CT molecular complexity index is 988. The highest BCUT2D eigenvalue weighted by molar-refractivity contribution is 5.80. The average Bonchev–Trinajstić information content (AvgIpc) is 2.77. The van der Waals surface area contributed by atoms with Crippen LogP contribution in [0.25, 0.3) is 17.2 Å². The van der Waals surface area contributed by atoms with Gasteiger partial charge in [-0.05, 0) is 48.1 Å². The van der Waals surface area contributed by atoms with Gasteiger partial charge in [0.2, 0.25) is 0 Å². The Hall–Kier alpha value is -2.45. The Labute approximate surface area is 200 Å². The summed E-state index contributed by atoms with van der Waals surface area (Å²) in [6, 6.07) is 6.05. The summed E-state index contributed by atoms with van der Waals surface area (Å²) < 4.78 is 13.7. The van der Waals surface area contributed by atoms with Crippen molar-refractivity contribution < 1.29 is 29.6 Å². The summed E-state index contributed by atoms with van der Waals surface area (Å²) in [4.78, 5) is 16.1. The molecule has 34 heavy (non-hydrogen) atoms. The van der Waals surface area contributed by atoms with Crippen LogP contribution in [0.3, 0.4) is 0 Å². The van der Waals surface area contributed by atoms with Crippen LogP contribution in [0.2, 0.25) is 0 Å². The lowest BCUT2D eigenvalue weighted by atomic mass is 9.85. The number of rotatable bonds is 12. The van der Waals surface area contributed by atoms with Crippen molar-refractivity contribution in [1.82, 2.24) is 4.98 Å². The van der Waals surface area contributed by atoms with Gasteiger partial charge < -0.3 is 20.4 Å². The van der Waals surface area contributed by atoms with Gasteiger partial charge in [0, 0.05) is 36.6 Å². The van der Waals surface area contributed by atoms with E-state index in [1.54, 1.807) is 24.3 Å². The van der Waals surface area contributed by atoms with Crippen LogP contribution >= 0.6 is 0 Å². The first-order valence-electron chi connectivity index (χ1n) is 11.7. The van der Waals surface area contributed by atoms with Crippen molar-refractivity contribution in [2.75, 3.05) is 13.2 Å². The van der Waals surface area contributed by atoms with Crippen molar-refractivity contribution in [3.8, 4) is 11.1 Å². The summed E-state index contributed by atoms with van der Waals surface area (Å²) in [5.74, 6) is -0.812. The maximum absolute atomic E-state index is 13.7. The number of pyridine rings is 1. The summed E-state index contributed by atoms with van der Waals surface area (Å²) in [5, 5.41) is 40.1. The number of benzene rings is 1. The molecule has 0 saturated heterocycles. The molecule has 0 amide bonds. The first-order chi connectivity index (χ1) is 16.1. The summed E-state index contributed by atoms with van der Waals surface area (Å²) in [5.41, 5.74) is 4.38. The molecule has 2 rings (SSSR count). The zero-order chi connectivity index (χ0) is 25.4. The lowest BCUT2D eigenvalue weighted by Crippen LogP contribution is -2.18. The van der Waals surface area contributed by atoms with Gasteiger partial charge in [-0.1, -0.05) is 45.1 Å². The molecule has 1 heterocycles. The fourth-order valence-electron chi connectivity index (χ4n) is 4.07. The van der Waals surface area contributed by atoms with Crippen molar-refractivity contribution in [2.45, 2.75) is 71.0 Å². The van der Waals surface area contributed by atoms with Crippen LogP contribution in [-0.4, -0.2) is 56.6 Å². The molecule has 7 heteroatoms. The first kappa shape index (κ1) is 27.8. The number of aliphatic hydroxyl groups excluding tert-OH is 4. The number of carbonyl (C=O) groups is 1. The van der Waals surface area contributed by atoms with E-state index in [1.807, 2.05) is 20.8 Å². The van der Waals surface area contributed by atoms with Crippen molar-refractivity contribution >= 4 is 11.9 Å². The van der Waals surface area contributed by atoms with E-state index < -0.39 is 12.2 Å². The maximum Gasteiger partial charge on any atom is 0.132 e. The minimum atomic E-state index is -0.993. The van der Waals surface area contributed by atoms with Gasteiger partial charge in [-0.2, -0.15) is 0 Å². The van der Waals surface area contributed by atoms with E-state index in [2.05, 4.69) is 0 Å². The second kappa shape index (κ2) is 12.9. The van der Waals surface area contributed by atoms with Gasteiger partial charge in [0.25, 0.3) is 0 Å². The Kier molecular flexibility index (Phi) is 10.5. The average molecular weight is 474 g/mol. The molecule has 2 aromatic rings. The highest BCUT2D eigenvalue weighted by Crippen LogP contribution is 2.37. The molecule has 0 aliphatic rings. The minimum Gasteiger partial charge on any atom is -0.396 e. The van der Waals surface area contributed by atoms with E-state index in [-0.39, 0.29) is 49.5 Å². The van der Waals surface area contributed by atoms with E-state index in [0.717, 1.165) is 27.9 Å². The monoisotopic (exact) mass is 473 g/mol. The van der Waals surface area contributed by atoms with Crippen LogP contribution < -0.4 is 0 Å². The molecule has 0 radical (unpaired) electrons. The van der Waals surface area contributed by atoms with Gasteiger partial charge in [0.05, 0.1) is 24.5 Å². The van der Waals surface area contributed by atoms with Crippen LogP contribution in [0.1, 0.15) is 74.9 Å².